The first kappa shape index (κ1) is 13.8. The lowest BCUT2D eigenvalue weighted by atomic mass is 10.2. The van der Waals surface area contributed by atoms with Crippen molar-refractivity contribution in [3.05, 3.63) is 43.8 Å². The lowest BCUT2D eigenvalue weighted by Gasteiger charge is -2.05. The molecule has 2 aromatic rings. The molecule has 0 saturated heterocycles. The van der Waals surface area contributed by atoms with Crippen LogP contribution in [0.2, 0.25) is 0 Å². The molecule has 20 heavy (non-hydrogen) atoms. The summed E-state index contributed by atoms with van der Waals surface area (Å²) in [6.07, 6.45) is 2.05. The topological polar surface area (TPSA) is 29.1 Å². The predicted molar refractivity (Wildman–Crippen MR) is 85.4 cm³/mol. The highest BCUT2D eigenvalue weighted by molar-refractivity contribution is 7.12. The van der Waals surface area contributed by atoms with E-state index in [4.69, 9.17) is 0 Å². The number of amides is 1. The minimum Gasteiger partial charge on any atom is -0.351 e. The predicted octanol–water partition coefficient (Wildman–Crippen LogP) is 4.10. The summed E-state index contributed by atoms with van der Waals surface area (Å²) in [6, 6.07) is 6.47. The molecule has 4 heteroatoms. The van der Waals surface area contributed by atoms with E-state index in [0.29, 0.717) is 12.5 Å². The number of carbonyl (C=O) groups is 1. The summed E-state index contributed by atoms with van der Waals surface area (Å²) in [7, 11) is 0. The summed E-state index contributed by atoms with van der Waals surface area (Å²) in [4.78, 5) is 16.2. The molecule has 3 rings (SSSR count). The summed E-state index contributed by atoms with van der Waals surface area (Å²) in [5.74, 6) is 0.872. The van der Waals surface area contributed by atoms with Gasteiger partial charge in [-0.2, -0.15) is 0 Å². The minimum atomic E-state index is 0.193. The lowest BCUT2D eigenvalue weighted by molar-refractivity contribution is -0.122. The van der Waals surface area contributed by atoms with Gasteiger partial charge in [-0.15, -0.1) is 22.7 Å². The molecule has 1 fully saturated rings. The van der Waals surface area contributed by atoms with Gasteiger partial charge in [0.05, 0.1) is 6.54 Å². The third kappa shape index (κ3) is 2.81. The number of carbonyl (C=O) groups excluding carboxylic acids is 1. The van der Waals surface area contributed by atoms with Gasteiger partial charge in [0.15, 0.2) is 0 Å². The molecule has 0 spiro atoms. The van der Waals surface area contributed by atoms with Gasteiger partial charge in [-0.1, -0.05) is 6.92 Å². The molecule has 0 aromatic carbocycles. The molecule has 2 nitrogen and oxygen atoms in total. The number of nitrogens with one attached hydrogen (secondary N) is 1. The Kier molecular flexibility index (Phi) is 3.94. The van der Waals surface area contributed by atoms with Crippen LogP contribution in [-0.4, -0.2) is 5.91 Å². The van der Waals surface area contributed by atoms with Gasteiger partial charge in [-0.25, -0.2) is 0 Å². The van der Waals surface area contributed by atoms with Gasteiger partial charge in [-0.3, -0.25) is 4.79 Å². The quantitative estimate of drug-likeness (QED) is 0.885. The maximum Gasteiger partial charge on any atom is 0.224 e. The Labute approximate surface area is 127 Å². The molecule has 2 atom stereocenters. The van der Waals surface area contributed by atoms with E-state index in [1.165, 1.54) is 20.2 Å². The Morgan fingerprint density at radius 3 is 2.95 bits per heavy atom. The zero-order valence-corrected chi connectivity index (χ0v) is 13.4. The standard InChI is InChI=1S/C16H19NOS2/c1-3-11-6-7-19-15(11)9-17-16(18)13-8-12(13)14-5-4-10(2)20-14/h4-7,12-13H,3,8-9H2,1-2H3,(H,17,18)/t12-,13+/m1/s1. The van der Waals surface area contributed by atoms with Gasteiger partial charge in [-0.05, 0) is 48.9 Å². The van der Waals surface area contributed by atoms with E-state index in [-0.39, 0.29) is 11.8 Å². The van der Waals surface area contributed by atoms with Crippen molar-refractivity contribution in [2.75, 3.05) is 0 Å². The zero-order valence-electron chi connectivity index (χ0n) is 11.8. The van der Waals surface area contributed by atoms with Crippen LogP contribution in [0, 0.1) is 12.8 Å². The van der Waals surface area contributed by atoms with Crippen LogP contribution in [0.3, 0.4) is 0 Å². The van der Waals surface area contributed by atoms with Crippen molar-refractivity contribution >= 4 is 28.6 Å². The number of aryl methyl sites for hydroxylation is 2. The maximum atomic E-state index is 12.2. The van der Waals surface area contributed by atoms with Gasteiger partial charge < -0.3 is 5.32 Å². The average Bonchev–Trinajstić information content (AvgIpc) is 2.91. The van der Waals surface area contributed by atoms with Crippen LogP contribution in [0.4, 0.5) is 0 Å². The average molecular weight is 305 g/mol. The van der Waals surface area contributed by atoms with Crippen molar-refractivity contribution in [2.45, 2.75) is 39.2 Å². The summed E-state index contributed by atoms with van der Waals surface area (Å²) < 4.78 is 0. The Bertz CT molecular complexity index is 614. The first-order valence-electron chi connectivity index (χ1n) is 7.08. The van der Waals surface area contributed by atoms with Gasteiger partial charge in [0, 0.05) is 26.5 Å². The second-order valence-electron chi connectivity index (χ2n) is 5.34. The molecule has 0 aliphatic heterocycles. The van der Waals surface area contributed by atoms with Crippen LogP contribution in [0.25, 0.3) is 0 Å². The molecule has 1 N–H and O–H groups in total. The Hall–Kier alpha value is -1.13. The molecule has 2 heterocycles. The molecule has 106 valence electrons. The van der Waals surface area contributed by atoms with E-state index < -0.39 is 0 Å². The third-order valence-corrected chi connectivity index (χ3v) is 5.99. The molecular weight excluding hydrogens is 286 g/mol. The molecule has 0 bridgehead atoms. The van der Waals surface area contributed by atoms with Crippen molar-refractivity contribution in [1.29, 1.82) is 0 Å². The van der Waals surface area contributed by atoms with E-state index in [9.17, 15) is 4.79 Å². The van der Waals surface area contributed by atoms with Crippen molar-refractivity contribution in [3.63, 3.8) is 0 Å². The minimum absolute atomic E-state index is 0.193. The van der Waals surface area contributed by atoms with E-state index in [0.717, 1.165) is 12.8 Å². The normalized spacial score (nSPS) is 20.9. The summed E-state index contributed by atoms with van der Waals surface area (Å²) >= 11 is 3.56. The van der Waals surface area contributed by atoms with Crippen LogP contribution in [0.15, 0.2) is 23.6 Å². The highest BCUT2D eigenvalue weighted by atomic mass is 32.1. The highest BCUT2D eigenvalue weighted by Crippen LogP contribution is 2.49. The van der Waals surface area contributed by atoms with E-state index in [1.54, 1.807) is 11.3 Å². The second-order valence-corrected chi connectivity index (χ2v) is 7.66. The van der Waals surface area contributed by atoms with Crippen LogP contribution in [0.5, 0.6) is 0 Å². The van der Waals surface area contributed by atoms with E-state index in [1.807, 2.05) is 11.3 Å². The maximum absolute atomic E-state index is 12.2. The largest absolute Gasteiger partial charge is 0.351 e. The molecule has 1 aliphatic rings. The molecular formula is C16H19NOS2. The first-order valence-corrected chi connectivity index (χ1v) is 8.78. The lowest BCUT2D eigenvalue weighted by Crippen LogP contribution is -2.24. The van der Waals surface area contributed by atoms with Crippen molar-refractivity contribution in [3.8, 4) is 0 Å². The highest BCUT2D eigenvalue weighted by Gasteiger charge is 2.44. The monoisotopic (exact) mass is 305 g/mol. The Balaban J connectivity index is 1.54. The number of hydrogen-bond acceptors (Lipinski definition) is 3. The third-order valence-electron chi connectivity index (χ3n) is 3.90. The van der Waals surface area contributed by atoms with Gasteiger partial charge in [0.25, 0.3) is 0 Å². The smallest absolute Gasteiger partial charge is 0.224 e. The van der Waals surface area contributed by atoms with Gasteiger partial charge >= 0.3 is 0 Å². The van der Waals surface area contributed by atoms with E-state index >= 15 is 0 Å². The number of thiophene rings is 2. The van der Waals surface area contributed by atoms with Crippen LogP contribution >= 0.6 is 22.7 Å². The first-order chi connectivity index (χ1) is 9.69. The van der Waals surface area contributed by atoms with Crippen molar-refractivity contribution in [2.24, 2.45) is 5.92 Å². The zero-order chi connectivity index (χ0) is 14.1. The van der Waals surface area contributed by atoms with Crippen LogP contribution in [0.1, 0.15) is 39.5 Å². The molecule has 1 saturated carbocycles. The summed E-state index contributed by atoms with van der Waals surface area (Å²) in [6.45, 7) is 4.96. The number of hydrogen-bond donors (Lipinski definition) is 1. The van der Waals surface area contributed by atoms with Gasteiger partial charge in [0.2, 0.25) is 5.91 Å². The van der Waals surface area contributed by atoms with Crippen LogP contribution < -0.4 is 5.32 Å². The molecule has 0 radical (unpaired) electrons. The summed E-state index contributed by atoms with van der Waals surface area (Å²) in [5, 5.41) is 5.21. The molecule has 1 aliphatic carbocycles. The van der Waals surface area contributed by atoms with E-state index in [2.05, 4.69) is 42.7 Å². The fourth-order valence-electron chi connectivity index (χ4n) is 2.59. The summed E-state index contributed by atoms with van der Waals surface area (Å²) in [5.41, 5.74) is 1.36. The second kappa shape index (κ2) is 5.70. The SMILES string of the molecule is CCc1ccsc1CNC(=O)[C@H]1C[C@H]1c1ccc(C)s1. The Morgan fingerprint density at radius 2 is 2.25 bits per heavy atom. The van der Waals surface area contributed by atoms with Gasteiger partial charge in [0.1, 0.15) is 0 Å². The van der Waals surface area contributed by atoms with Crippen LogP contribution in [-0.2, 0) is 17.8 Å². The fourth-order valence-corrected chi connectivity index (χ4v) is 4.56. The van der Waals surface area contributed by atoms with Crippen molar-refractivity contribution in [1.82, 2.24) is 5.32 Å². The number of rotatable bonds is 5. The molecule has 2 aromatic heterocycles. The molecule has 1 amide bonds. The molecule has 0 unspecified atom stereocenters. The fraction of sp³-hybridized carbons (Fsp3) is 0.438. The van der Waals surface area contributed by atoms with Crippen molar-refractivity contribution < 1.29 is 4.79 Å². The Morgan fingerprint density at radius 1 is 1.40 bits per heavy atom.